The molecule has 1 aliphatic rings. The van der Waals surface area contributed by atoms with Gasteiger partial charge in [0.25, 0.3) is 0 Å². The summed E-state index contributed by atoms with van der Waals surface area (Å²) in [6, 6.07) is 10.8. The van der Waals surface area contributed by atoms with Gasteiger partial charge in [-0.3, -0.25) is 4.98 Å². The number of nitrogens with zero attached hydrogens (tertiary/aromatic N) is 2. The van der Waals surface area contributed by atoms with Crippen LogP contribution in [0.5, 0.6) is 0 Å². The lowest BCUT2D eigenvalue weighted by molar-refractivity contribution is 0.277. The molecule has 0 spiro atoms. The summed E-state index contributed by atoms with van der Waals surface area (Å²) in [4.78, 5) is 6.92. The fraction of sp³-hybridized carbons (Fsp3) is 0.500. The second-order valence-electron chi connectivity index (χ2n) is 6.33. The molecule has 0 amide bonds. The van der Waals surface area contributed by atoms with Crippen LogP contribution in [0.1, 0.15) is 38.3 Å². The number of para-hydroxylation sites is 1. The Balaban J connectivity index is 1.98. The highest BCUT2D eigenvalue weighted by atomic mass is 16.3. The number of hydrogen-bond acceptors (Lipinski definition) is 3. The average Bonchev–Trinajstić information content (AvgIpc) is 2.53. The van der Waals surface area contributed by atoms with Crippen LogP contribution in [0.2, 0.25) is 0 Å². The first kappa shape index (κ1) is 14.3. The summed E-state index contributed by atoms with van der Waals surface area (Å²) in [5.41, 5.74) is 2.92. The average molecular weight is 284 g/mol. The molecule has 3 nitrogen and oxygen atoms in total. The molecule has 112 valence electrons. The number of pyridine rings is 1. The first-order chi connectivity index (χ1) is 10.2. The van der Waals surface area contributed by atoms with E-state index in [4.69, 9.17) is 0 Å². The minimum Gasteiger partial charge on any atom is -0.390 e. The van der Waals surface area contributed by atoms with Crippen molar-refractivity contribution in [2.24, 2.45) is 5.92 Å². The molecule has 0 saturated heterocycles. The predicted molar refractivity (Wildman–Crippen MR) is 87.5 cm³/mol. The fourth-order valence-electron chi connectivity index (χ4n) is 3.41. The summed E-state index contributed by atoms with van der Waals surface area (Å²) in [7, 11) is 2.18. The molecule has 1 saturated carbocycles. The Hall–Kier alpha value is -1.61. The van der Waals surface area contributed by atoms with Gasteiger partial charge in [-0.25, -0.2) is 0 Å². The van der Waals surface area contributed by atoms with Crippen LogP contribution in [-0.2, 0) is 6.61 Å². The Labute approximate surface area is 126 Å². The summed E-state index contributed by atoms with van der Waals surface area (Å²) in [5.74, 6) is 0.858. The van der Waals surface area contributed by atoms with Crippen LogP contribution >= 0.6 is 0 Å². The highest BCUT2D eigenvalue weighted by molar-refractivity contribution is 5.92. The molecule has 21 heavy (non-hydrogen) atoms. The molecule has 0 radical (unpaired) electrons. The first-order valence-corrected chi connectivity index (χ1v) is 7.91. The number of fused-ring (bicyclic) bond motifs is 1. The highest BCUT2D eigenvalue weighted by Gasteiger charge is 2.23. The zero-order valence-corrected chi connectivity index (χ0v) is 12.9. The van der Waals surface area contributed by atoms with Gasteiger partial charge >= 0.3 is 0 Å². The molecule has 1 N–H and O–H groups in total. The Kier molecular flexibility index (Phi) is 4.11. The molecule has 1 aromatic carbocycles. The van der Waals surface area contributed by atoms with Crippen LogP contribution in [0.15, 0.2) is 30.3 Å². The SMILES string of the molecule is CC1CCC(N(C)c2cc(CO)nc3ccccc23)CC1. The number of aliphatic hydroxyl groups is 1. The minimum absolute atomic E-state index is 0.00657. The summed E-state index contributed by atoms with van der Waals surface area (Å²) in [5, 5.41) is 10.6. The largest absolute Gasteiger partial charge is 0.390 e. The van der Waals surface area contributed by atoms with Gasteiger partial charge in [0.1, 0.15) is 0 Å². The first-order valence-electron chi connectivity index (χ1n) is 7.91. The van der Waals surface area contributed by atoms with Gasteiger partial charge in [0, 0.05) is 24.2 Å². The summed E-state index contributed by atoms with van der Waals surface area (Å²) >= 11 is 0. The Morgan fingerprint density at radius 2 is 1.90 bits per heavy atom. The van der Waals surface area contributed by atoms with E-state index in [-0.39, 0.29) is 6.61 Å². The Morgan fingerprint density at radius 3 is 2.62 bits per heavy atom. The van der Waals surface area contributed by atoms with Gasteiger partial charge in [-0.1, -0.05) is 25.1 Å². The molecular weight excluding hydrogens is 260 g/mol. The smallest absolute Gasteiger partial charge is 0.0854 e. The number of hydrogen-bond donors (Lipinski definition) is 1. The molecular formula is C18H24N2O. The number of rotatable bonds is 3. The van der Waals surface area contributed by atoms with Gasteiger partial charge in [-0.2, -0.15) is 0 Å². The lowest BCUT2D eigenvalue weighted by Crippen LogP contribution is -2.35. The van der Waals surface area contributed by atoms with E-state index in [9.17, 15) is 5.11 Å². The summed E-state index contributed by atoms with van der Waals surface area (Å²) in [6.45, 7) is 2.34. The van der Waals surface area contributed by atoms with E-state index in [2.05, 4.69) is 36.0 Å². The van der Waals surface area contributed by atoms with Gasteiger partial charge in [0.2, 0.25) is 0 Å². The van der Waals surface area contributed by atoms with Crippen molar-refractivity contribution in [3.8, 4) is 0 Å². The van der Waals surface area contributed by atoms with Crippen LogP contribution in [0, 0.1) is 5.92 Å². The van der Waals surface area contributed by atoms with Crippen molar-refractivity contribution in [3.63, 3.8) is 0 Å². The normalized spacial score (nSPS) is 22.4. The summed E-state index contributed by atoms with van der Waals surface area (Å²) < 4.78 is 0. The van der Waals surface area contributed by atoms with Crippen LogP contribution in [0.3, 0.4) is 0 Å². The van der Waals surface area contributed by atoms with Gasteiger partial charge in [-0.15, -0.1) is 0 Å². The second kappa shape index (κ2) is 6.02. The lowest BCUT2D eigenvalue weighted by atomic mass is 9.86. The highest BCUT2D eigenvalue weighted by Crippen LogP contribution is 2.33. The van der Waals surface area contributed by atoms with E-state index < -0.39 is 0 Å². The molecule has 3 heteroatoms. The lowest BCUT2D eigenvalue weighted by Gasteiger charge is -2.35. The number of benzene rings is 1. The Morgan fingerprint density at radius 1 is 1.19 bits per heavy atom. The van der Waals surface area contributed by atoms with Crippen LogP contribution in [-0.4, -0.2) is 23.2 Å². The van der Waals surface area contributed by atoms with Crippen molar-refractivity contribution in [2.45, 2.75) is 45.3 Å². The van der Waals surface area contributed by atoms with Gasteiger partial charge in [0.15, 0.2) is 0 Å². The molecule has 0 atom stereocenters. The number of aliphatic hydroxyl groups excluding tert-OH is 1. The molecule has 0 bridgehead atoms. The monoisotopic (exact) mass is 284 g/mol. The molecule has 1 aliphatic carbocycles. The standard InChI is InChI=1S/C18H24N2O/c1-13-7-9-15(10-8-13)20(2)18-11-14(12-21)19-17-6-4-3-5-16(17)18/h3-6,11,13,15,21H,7-10,12H2,1-2H3. The van der Waals surface area contributed by atoms with Crippen molar-refractivity contribution in [2.75, 3.05) is 11.9 Å². The second-order valence-corrected chi connectivity index (χ2v) is 6.33. The van der Waals surface area contributed by atoms with Crippen LogP contribution in [0.4, 0.5) is 5.69 Å². The predicted octanol–water partition coefficient (Wildman–Crippen LogP) is 3.74. The maximum atomic E-state index is 9.47. The van der Waals surface area contributed by atoms with E-state index in [1.807, 2.05) is 18.2 Å². The topological polar surface area (TPSA) is 36.4 Å². The van der Waals surface area contributed by atoms with Gasteiger partial charge in [0.05, 0.1) is 17.8 Å². The molecule has 2 aromatic rings. The fourth-order valence-corrected chi connectivity index (χ4v) is 3.41. The van der Waals surface area contributed by atoms with E-state index in [0.29, 0.717) is 6.04 Å². The number of aromatic nitrogens is 1. The third-order valence-electron chi connectivity index (χ3n) is 4.82. The molecule has 1 heterocycles. The van der Waals surface area contributed by atoms with E-state index >= 15 is 0 Å². The van der Waals surface area contributed by atoms with Crippen LogP contribution < -0.4 is 4.90 Å². The Bertz CT molecular complexity index is 618. The zero-order valence-electron chi connectivity index (χ0n) is 12.9. The molecule has 1 aromatic heterocycles. The van der Waals surface area contributed by atoms with Gasteiger partial charge < -0.3 is 10.0 Å². The van der Waals surface area contributed by atoms with Crippen LogP contribution in [0.25, 0.3) is 10.9 Å². The van der Waals surface area contributed by atoms with E-state index in [1.165, 1.54) is 36.8 Å². The van der Waals surface area contributed by atoms with E-state index in [1.54, 1.807) is 0 Å². The van der Waals surface area contributed by atoms with Crippen molar-refractivity contribution >= 4 is 16.6 Å². The maximum Gasteiger partial charge on any atom is 0.0854 e. The van der Waals surface area contributed by atoms with E-state index in [0.717, 1.165) is 17.1 Å². The maximum absolute atomic E-state index is 9.47. The molecule has 3 rings (SSSR count). The summed E-state index contributed by atoms with van der Waals surface area (Å²) in [6.07, 6.45) is 5.13. The molecule has 1 fully saturated rings. The van der Waals surface area contributed by atoms with Crippen molar-refractivity contribution in [1.82, 2.24) is 4.98 Å². The minimum atomic E-state index is -0.00657. The third-order valence-corrected chi connectivity index (χ3v) is 4.82. The van der Waals surface area contributed by atoms with Crippen molar-refractivity contribution in [3.05, 3.63) is 36.0 Å². The zero-order chi connectivity index (χ0) is 14.8. The number of anilines is 1. The third kappa shape index (κ3) is 2.88. The molecule has 0 aliphatic heterocycles. The molecule has 0 unspecified atom stereocenters. The van der Waals surface area contributed by atoms with Crippen molar-refractivity contribution in [1.29, 1.82) is 0 Å². The van der Waals surface area contributed by atoms with Crippen molar-refractivity contribution < 1.29 is 5.11 Å². The quantitative estimate of drug-likeness (QED) is 0.932. The van der Waals surface area contributed by atoms with Gasteiger partial charge in [-0.05, 0) is 43.7 Å².